The number of nitrogens with one attached hydrogen (secondary N) is 1. The summed E-state index contributed by atoms with van der Waals surface area (Å²) in [7, 11) is 1.98. The van der Waals surface area contributed by atoms with Gasteiger partial charge in [0.1, 0.15) is 5.60 Å². The van der Waals surface area contributed by atoms with Crippen molar-refractivity contribution in [2.75, 3.05) is 45.3 Å². The molecule has 0 saturated carbocycles. The second-order valence-corrected chi connectivity index (χ2v) is 5.45. The summed E-state index contributed by atoms with van der Waals surface area (Å²) >= 11 is 0. The van der Waals surface area contributed by atoms with E-state index in [-0.39, 0.29) is 5.60 Å². The van der Waals surface area contributed by atoms with Gasteiger partial charge in [-0.15, -0.1) is 0 Å². The van der Waals surface area contributed by atoms with Gasteiger partial charge in [-0.25, -0.2) is 0 Å². The molecule has 1 atom stereocenters. The van der Waals surface area contributed by atoms with Gasteiger partial charge >= 0.3 is 0 Å². The van der Waals surface area contributed by atoms with Gasteiger partial charge in [0, 0.05) is 45.4 Å². The highest BCUT2D eigenvalue weighted by molar-refractivity contribution is 5.50. The Labute approximate surface area is 114 Å². The molecule has 2 saturated heterocycles. The number of hydrogen-bond donors (Lipinski definition) is 1. The maximum atomic E-state index is 5.97. The molecule has 0 aromatic heterocycles. The lowest BCUT2D eigenvalue weighted by Gasteiger charge is -2.39. The summed E-state index contributed by atoms with van der Waals surface area (Å²) in [5.41, 5.74) is 2.51. The third-order valence-corrected chi connectivity index (χ3v) is 4.08. The lowest BCUT2D eigenvalue weighted by molar-refractivity contribution is -0.111. The first-order valence-electron chi connectivity index (χ1n) is 7.01. The molecule has 1 aromatic rings. The molecule has 4 nitrogen and oxygen atoms in total. The number of hydrogen-bond acceptors (Lipinski definition) is 4. The molecule has 0 radical (unpaired) electrons. The van der Waals surface area contributed by atoms with Crippen LogP contribution in [0.15, 0.2) is 24.3 Å². The lowest BCUT2D eigenvalue weighted by Crippen LogP contribution is -2.51. The number of para-hydroxylation sites is 1. The van der Waals surface area contributed by atoms with E-state index in [0.29, 0.717) is 0 Å². The molecule has 3 rings (SSSR count). The molecular formula is C15H22N2O2. The summed E-state index contributed by atoms with van der Waals surface area (Å²) in [5, 5.41) is 3.26. The fourth-order valence-electron chi connectivity index (χ4n) is 3.03. The molecule has 1 aromatic carbocycles. The predicted octanol–water partition coefficient (Wildman–Crippen LogP) is 1.72. The van der Waals surface area contributed by atoms with Gasteiger partial charge < -0.3 is 14.8 Å². The summed E-state index contributed by atoms with van der Waals surface area (Å²) in [6, 6.07) is 8.50. The van der Waals surface area contributed by atoms with E-state index in [0.717, 1.165) is 45.9 Å². The average Bonchev–Trinajstić information content (AvgIpc) is 2.87. The van der Waals surface area contributed by atoms with Crippen molar-refractivity contribution in [2.24, 2.45) is 0 Å². The topological polar surface area (TPSA) is 33.7 Å². The maximum absolute atomic E-state index is 5.97. The fourth-order valence-corrected chi connectivity index (χ4v) is 3.03. The molecule has 2 heterocycles. The number of morpholine rings is 1. The highest BCUT2D eigenvalue weighted by atomic mass is 16.6. The number of anilines is 1. The third kappa shape index (κ3) is 2.76. The smallest absolute Gasteiger partial charge is 0.106 e. The van der Waals surface area contributed by atoms with E-state index in [1.807, 2.05) is 7.05 Å². The lowest BCUT2D eigenvalue weighted by atomic mass is 10.00. The molecule has 0 unspecified atom stereocenters. The van der Waals surface area contributed by atoms with Gasteiger partial charge in [0.25, 0.3) is 0 Å². The van der Waals surface area contributed by atoms with E-state index < -0.39 is 0 Å². The Morgan fingerprint density at radius 3 is 3.00 bits per heavy atom. The first kappa shape index (κ1) is 12.9. The van der Waals surface area contributed by atoms with Crippen molar-refractivity contribution in [3.8, 4) is 0 Å². The van der Waals surface area contributed by atoms with Gasteiger partial charge in [-0.1, -0.05) is 18.2 Å². The number of ether oxygens (including phenoxy) is 2. The van der Waals surface area contributed by atoms with Gasteiger partial charge in [-0.05, 0) is 11.6 Å². The van der Waals surface area contributed by atoms with E-state index in [1.165, 1.54) is 11.3 Å². The highest BCUT2D eigenvalue weighted by Gasteiger charge is 2.40. The molecule has 1 N–H and O–H groups in total. The molecule has 104 valence electrons. The minimum absolute atomic E-state index is 0.0488. The Bertz CT molecular complexity index is 430. The summed E-state index contributed by atoms with van der Waals surface area (Å²) < 4.78 is 11.5. The van der Waals surface area contributed by atoms with Crippen LogP contribution in [0.3, 0.4) is 0 Å². The first-order valence-corrected chi connectivity index (χ1v) is 7.01. The van der Waals surface area contributed by atoms with Crippen LogP contribution < -0.4 is 5.32 Å². The summed E-state index contributed by atoms with van der Waals surface area (Å²) in [4.78, 5) is 2.48. The Morgan fingerprint density at radius 1 is 1.32 bits per heavy atom. The van der Waals surface area contributed by atoms with Crippen LogP contribution in [0.2, 0.25) is 0 Å². The summed E-state index contributed by atoms with van der Waals surface area (Å²) in [6.45, 7) is 5.34. The predicted molar refractivity (Wildman–Crippen MR) is 75.4 cm³/mol. The van der Waals surface area contributed by atoms with Gasteiger partial charge in [0.2, 0.25) is 0 Å². The zero-order chi connectivity index (χ0) is 13.1. The van der Waals surface area contributed by atoms with Crippen LogP contribution in [0.4, 0.5) is 5.69 Å². The Morgan fingerprint density at radius 2 is 2.21 bits per heavy atom. The molecule has 2 aliphatic rings. The summed E-state index contributed by atoms with van der Waals surface area (Å²) in [6.07, 6.45) is 1.02. The zero-order valence-corrected chi connectivity index (χ0v) is 11.5. The molecule has 0 aliphatic carbocycles. The van der Waals surface area contributed by atoms with Gasteiger partial charge in [-0.2, -0.15) is 0 Å². The van der Waals surface area contributed by atoms with Crippen molar-refractivity contribution >= 4 is 5.69 Å². The van der Waals surface area contributed by atoms with Crippen LogP contribution in [0.1, 0.15) is 12.0 Å². The van der Waals surface area contributed by atoms with Gasteiger partial charge in [-0.3, -0.25) is 4.90 Å². The first-order chi connectivity index (χ1) is 9.31. The maximum Gasteiger partial charge on any atom is 0.106 e. The number of benzene rings is 1. The molecule has 0 amide bonds. The van der Waals surface area contributed by atoms with Crippen molar-refractivity contribution in [1.29, 1.82) is 0 Å². The zero-order valence-electron chi connectivity index (χ0n) is 11.5. The highest BCUT2D eigenvalue weighted by Crippen LogP contribution is 2.28. The molecule has 0 bridgehead atoms. The molecule has 4 heteroatoms. The molecule has 19 heavy (non-hydrogen) atoms. The monoisotopic (exact) mass is 262 g/mol. The molecule has 2 fully saturated rings. The third-order valence-electron chi connectivity index (χ3n) is 4.08. The average molecular weight is 262 g/mol. The van der Waals surface area contributed by atoms with Crippen molar-refractivity contribution < 1.29 is 9.47 Å². The van der Waals surface area contributed by atoms with Crippen molar-refractivity contribution in [1.82, 2.24) is 4.90 Å². The molecule has 2 aliphatic heterocycles. The van der Waals surface area contributed by atoms with Crippen molar-refractivity contribution in [2.45, 2.75) is 18.6 Å². The fraction of sp³-hybridized carbons (Fsp3) is 0.600. The Kier molecular flexibility index (Phi) is 3.73. The van der Waals surface area contributed by atoms with E-state index in [9.17, 15) is 0 Å². The van der Waals surface area contributed by atoms with E-state index in [2.05, 4.69) is 34.5 Å². The molecule has 1 spiro atoms. The van der Waals surface area contributed by atoms with Gasteiger partial charge in [0.15, 0.2) is 0 Å². The van der Waals surface area contributed by atoms with Crippen LogP contribution >= 0.6 is 0 Å². The van der Waals surface area contributed by atoms with E-state index in [4.69, 9.17) is 9.47 Å². The number of rotatable bonds is 3. The van der Waals surface area contributed by atoms with Crippen LogP contribution in [0.25, 0.3) is 0 Å². The largest absolute Gasteiger partial charge is 0.388 e. The van der Waals surface area contributed by atoms with Crippen molar-refractivity contribution in [3.63, 3.8) is 0 Å². The number of nitrogens with zero attached hydrogens (tertiary/aromatic N) is 1. The van der Waals surface area contributed by atoms with Crippen LogP contribution in [0.5, 0.6) is 0 Å². The second kappa shape index (κ2) is 5.49. The van der Waals surface area contributed by atoms with E-state index >= 15 is 0 Å². The van der Waals surface area contributed by atoms with E-state index in [1.54, 1.807) is 0 Å². The van der Waals surface area contributed by atoms with Crippen LogP contribution in [0, 0.1) is 0 Å². The Balaban J connectivity index is 1.69. The second-order valence-electron chi connectivity index (χ2n) is 5.45. The minimum atomic E-state index is -0.0488. The molecular weight excluding hydrogens is 240 g/mol. The SMILES string of the molecule is CNc1ccccc1CN1CCO[C@]2(CCOC2)C1. The van der Waals surface area contributed by atoms with Crippen LogP contribution in [-0.2, 0) is 16.0 Å². The van der Waals surface area contributed by atoms with Crippen LogP contribution in [-0.4, -0.2) is 50.5 Å². The van der Waals surface area contributed by atoms with Crippen molar-refractivity contribution in [3.05, 3.63) is 29.8 Å². The Hall–Kier alpha value is -1.10. The van der Waals surface area contributed by atoms with Gasteiger partial charge in [0.05, 0.1) is 13.2 Å². The normalized spacial score (nSPS) is 27.8. The summed E-state index contributed by atoms with van der Waals surface area (Å²) in [5.74, 6) is 0. The standard InChI is InChI=1S/C15H22N2O2/c1-16-14-5-3-2-4-13(14)10-17-7-9-19-15(11-17)6-8-18-12-15/h2-5,16H,6-12H2,1H3/t15-/m1/s1. The minimum Gasteiger partial charge on any atom is -0.388 e. The quantitative estimate of drug-likeness (QED) is 0.899.